The monoisotopic (exact) mass is 498 g/mol. The summed E-state index contributed by atoms with van der Waals surface area (Å²) in [4.78, 5) is 28.8. The summed E-state index contributed by atoms with van der Waals surface area (Å²) < 4.78 is 16.3. The summed E-state index contributed by atoms with van der Waals surface area (Å²) in [5.41, 5.74) is 4.82. The normalized spacial score (nSPS) is 18.8. The maximum atomic E-state index is 14.0. The van der Waals surface area contributed by atoms with Gasteiger partial charge in [-0.3, -0.25) is 14.5 Å². The summed E-state index contributed by atoms with van der Waals surface area (Å²) in [6.45, 7) is 1.54. The predicted molar refractivity (Wildman–Crippen MR) is 143 cm³/mol. The number of nitrogens with zero attached hydrogens (tertiary/aromatic N) is 1. The average molecular weight is 499 g/mol. The van der Waals surface area contributed by atoms with Crippen molar-refractivity contribution in [2.45, 2.75) is 31.7 Å². The lowest BCUT2D eigenvalue weighted by Crippen LogP contribution is -2.37. The van der Waals surface area contributed by atoms with Crippen LogP contribution in [0.3, 0.4) is 0 Å². The third-order valence-electron chi connectivity index (χ3n) is 7.14. The molecule has 2 atom stereocenters. The molecule has 0 saturated carbocycles. The molecule has 0 fully saturated rings. The van der Waals surface area contributed by atoms with Crippen molar-refractivity contribution in [1.29, 1.82) is 0 Å². The van der Waals surface area contributed by atoms with Gasteiger partial charge in [0.25, 0.3) is 0 Å². The third kappa shape index (κ3) is 4.42. The van der Waals surface area contributed by atoms with Crippen molar-refractivity contribution >= 4 is 23.1 Å². The van der Waals surface area contributed by atoms with Crippen molar-refractivity contribution in [3.8, 4) is 17.2 Å². The van der Waals surface area contributed by atoms with Gasteiger partial charge in [-0.25, -0.2) is 0 Å². The number of hydrogen-bond acceptors (Lipinski definition) is 6. The summed E-state index contributed by atoms with van der Waals surface area (Å²) in [5, 5.41) is 3.53. The van der Waals surface area contributed by atoms with Crippen molar-refractivity contribution < 1.29 is 23.8 Å². The summed E-state index contributed by atoms with van der Waals surface area (Å²) >= 11 is 0. The van der Waals surface area contributed by atoms with E-state index in [4.69, 9.17) is 14.2 Å². The smallest absolute Gasteiger partial charge is 0.224 e. The number of ketones is 1. The molecule has 1 amide bonds. The van der Waals surface area contributed by atoms with E-state index in [1.54, 1.807) is 33.2 Å². The van der Waals surface area contributed by atoms with Gasteiger partial charge in [0.1, 0.15) is 5.75 Å². The quantitative estimate of drug-likeness (QED) is 0.491. The molecule has 0 bridgehead atoms. The van der Waals surface area contributed by atoms with Crippen LogP contribution >= 0.6 is 0 Å². The van der Waals surface area contributed by atoms with E-state index in [9.17, 15) is 9.59 Å². The molecule has 2 aliphatic rings. The number of benzene rings is 3. The fourth-order valence-electron chi connectivity index (χ4n) is 5.38. The van der Waals surface area contributed by atoms with Gasteiger partial charge >= 0.3 is 0 Å². The number of carbonyl (C=O) groups excluding carboxylic acids is 2. The van der Waals surface area contributed by atoms with Crippen LogP contribution in [0.4, 0.5) is 11.4 Å². The maximum absolute atomic E-state index is 14.0. The Balaban J connectivity index is 1.65. The fraction of sp³-hybridized carbons (Fsp3) is 0.267. The van der Waals surface area contributed by atoms with Crippen LogP contribution in [-0.4, -0.2) is 33.0 Å². The van der Waals surface area contributed by atoms with Crippen molar-refractivity contribution in [2.24, 2.45) is 0 Å². The van der Waals surface area contributed by atoms with Crippen LogP contribution in [-0.2, 0) is 9.59 Å². The highest BCUT2D eigenvalue weighted by Crippen LogP contribution is 2.48. The number of rotatable bonds is 5. The van der Waals surface area contributed by atoms with E-state index >= 15 is 0 Å². The second-order valence-electron chi connectivity index (χ2n) is 9.24. The predicted octanol–water partition coefficient (Wildman–Crippen LogP) is 5.63. The first-order valence-corrected chi connectivity index (χ1v) is 12.2. The Kier molecular flexibility index (Phi) is 6.61. The SMILES string of the molecule is COc1ccc([C@@H]2C3=C(C[C@H](c4ccc(OC)c(OC)c4)CC3=O)Nc3ccccc3N2C(C)=O)cc1. The minimum Gasteiger partial charge on any atom is -0.497 e. The van der Waals surface area contributed by atoms with Crippen LogP contribution in [0.5, 0.6) is 17.2 Å². The van der Waals surface area contributed by atoms with E-state index < -0.39 is 6.04 Å². The summed E-state index contributed by atoms with van der Waals surface area (Å²) in [6, 6.07) is 20.5. The van der Waals surface area contributed by atoms with Crippen molar-refractivity contribution in [2.75, 3.05) is 31.5 Å². The lowest BCUT2D eigenvalue weighted by atomic mass is 9.78. The summed E-state index contributed by atoms with van der Waals surface area (Å²) in [7, 11) is 4.82. The zero-order chi connectivity index (χ0) is 26.1. The van der Waals surface area contributed by atoms with Crippen LogP contribution in [0.25, 0.3) is 0 Å². The molecule has 7 nitrogen and oxygen atoms in total. The second kappa shape index (κ2) is 10.0. The van der Waals surface area contributed by atoms with Gasteiger partial charge in [-0.2, -0.15) is 0 Å². The summed E-state index contributed by atoms with van der Waals surface area (Å²) in [6.07, 6.45) is 0.939. The van der Waals surface area contributed by atoms with Gasteiger partial charge in [0, 0.05) is 24.6 Å². The first kappa shape index (κ1) is 24.4. The molecule has 1 heterocycles. The first-order chi connectivity index (χ1) is 17.9. The Hall–Kier alpha value is -4.26. The van der Waals surface area contributed by atoms with Crippen molar-refractivity contribution in [3.63, 3.8) is 0 Å². The molecule has 3 aromatic carbocycles. The molecule has 0 saturated heterocycles. The van der Waals surface area contributed by atoms with Gasteiger partial charge in [0.05, 0.1) is 38.7 Å². The van der Waals surface area contributed by atoms with Crippen molar-refractivity contribution in [3.05, 3.63) is 89.1 Å². The zero-order valence-electron chi connectivity index (χ0n) is 21.4. The topological polar surface area (TPSA) is 77.1 Å². The molecular weight excluding hydrogens is 468 g/mol. The number of fused-ring (bicyclic) bond motifs is 1. The molecule has 5 rings (SSSR count). The van der Waals surface area contributed by atoms with Crippen LogP contribution < -0.4 is 24.4 Å². The Morgan fingerprint density at radius 3 is 2.24 bits per heavy atom. The van der Waals surface area contributed by atoms with E-state index in [1.807, 2.05) is 66.7 Å². The standard InChI is InChI=1S/C30H30N2O5/c1-18(33)32-25-8-6-5-7-23(25)31-24-15-21(20-11-14-27(36-3)28(17-20)37-4)16-26(34)29(24)30(32)19-9-12-22(35-2)13-10-19/h5-14,17,21,30-31H,15-16H2,1-4H3/t21-,30+/m0/s1. The number of ether oxygens (including phenoxy) is 3. The molecule has 3 aromatic rings. The number of anilines is 2. The Bertz CT molecular complexity index is 1380. The number of Topliss-reactive ketones (excluding diaryl/α,β-unsaturated/α-hetero) is 1. The number of nitrogens with one attached hydrogen (secondary N) is 1. The van der Waals surface area contributed by atoms with Gasteiger partial charge in [-0.1, -0.05) is 30.3 Å². The van der Waals surface area contributed by atoms with Crippen LogP contribution in [0.1, 0.15) is 42.9 Å². The van der Waals surface area contributed by atoms with E-state index in [0.717, 1.165) is 28.2 Å². The number of allylic oxidation sites excluding steroid dienone is 1. The van der Waals surface area contributed by atoms with Crippen LogP contribution in [0.2, 0.25) is 0 Å². The van der Waals surface area contributed by atoms with Crippen molar-refractivity contribution in [1.82, 2.24) is 0 Å². The maximum Gasteiger partial charge on any atom is 0.224 e. The second-order valence-corrected chi connectivity index (χ2v) is 9.24. The fourth-order valence-corrected chi connectivity index (χ4v) is 5.38. The number of para-hydroxylation sites is 2. The van der Waals surface area contributed by atoms with Crippen LogP contribution in [0, 0.1) is 0 Å². The lowest BCUT2D eigenvalue weighted by Gasteiger charge is -2.34. The highest BCUT2D eigenvalue weighted by molar-refractivity contribution is 6.06. The average Bonchev–Trinajstić information content (AvgIpc) is 3.07. The van der Waals surface area contributed by atoms with Gasteiger partial charge in [0.2, 0.25) is 5.91 Å². The zero-order valence-corrected chi connectivity index (χ0v) is 21.4. The largest absolute Gasteiger partial charge is 0.497 e. The molecule has 7 heteroatoms. The van der Waals surface area contributed by atoms with E-state index in [1.165, 1.54) is 0 Å². The molecule has 0 spiro atoms. The molecule has 0 unspecified atom stereocenters. The van der Waals surface area contributed by atoms with Gasteiger partial charge in [-0.05, 0) is 59.9 Å². The van der Waals surface area contributed by atoms with Gasteiger partial charge in [0.15, 0.2) is 17.3 Å². The minimum atomic E-state index is -0.562. The number of methoxy groups -OCH3 is 3. The molecule has 0 aromatic heterocycles. The molecule has 1 N–H and O–H groups in total. The van der Waals surface area contributed by atoms with Gasteiger partial charge in [-0.15, -0.1) is 0 Å². The van der Waals surface area contributed by atoms with E-state index in [2.05, 4.69) is 5.32 Å². The molecular formula is C30H30N2O5. The van der Waals surface area contributed by atoms with Crippen LogP contribution in [0.15, 0.2) is 78.0 Å². The van der Waals surface area contributed by atoms with E-state index in [0.29, 0.717) is 35.7 Å². The summed E-state index contributed by atoms with van der Waals surface area (Å²) in [5.74, 6) is 1.80. The molecule has 190 valence electrons. The number of carbonyl (C=O) groups is 2. The molecule has 0 radical (unpaired) electrons. The minimum absolute atomic E-state index is 0.00779. The highest BCUT2D eigenvalue weighted by Gasteiger charge is 2.40. The lowest BCUT2D eigenvalue weighted by molar-refractivity contribution is -0.117. The Morgan fingerprint density at radius 1 is 0.865 bits per heavy atom. The van der Waals surface area contributed by atoms with E-state index in [-0.39, 0.29) is 17.6 Å². The number of hydrogen-bond donors (Lipinski definition) is 1. The highest BCUT2D eigenvalue weighted by atomic mass is 16.5. The molecule has 1 aliphatic heterocycles. The Labute approximate surface area is 216 Å². The first-order valence-electron chi connectivity index (χ1n) is 12.2. The molecule has 37 heavy (non-hydrogen) atoms. The molecule has 1 aliphatic carbocycles. The van der Waals surface area contributed by atoms with Gasteiger partial charge < -0.3 is 19.5 Å². The third-order valence-corrected chi connectivity index (χ3v) is 7.14. The Morgan fingerprint density at radius 2 is 1.57 bits per heavy atom. The number of amides is 1.